The van der Waals surface area contributed by atoms with Gasteiger partial charge in [0.15, 0.2) is 0 Å². The van der Waals surface area contributed by atoms with Crippen molar-refractivity contribution in [1.82, 2.24) is 0 Å². The van der Waals surface area contributed by atoms with Crippen LogP contribution in [0.3, 0.4) is 0 Å². The lowest BCUT2D eigenvalue weighted by atomic mass is 10.1. The first-order valence-electron chi connectivity index (χ1n) is 5.78. The van der Waals surface area contributed by atoms with Crippen molar-refractivity contribution in [2.45, 2.75) is 19.3 Å². The topological polar surface area (TPSA) is 3.88 Å². The normalized spacial score (nSPS) is 10.0. The number of aromatic nitrogens is 1. The SMILES string of the molecule is c1ccc(CCC[CH-][n+]2ccccc2)cc1. The first kappa shape index (κ1) is 10.7. The van der Waals surface area contributed by atoms with E-state index in [0.29, 0.717) is 0 Å². The van der Waals surface area contributed by atoms with Crippen LogP contribution in [0.15, 0.2) is 60.9 Å². The van der Waals surface area contributed by atoms with Crippen molar-refractivity contribution in [3.63, 3.8) is 0 Å². The number of rotatable bonds is 5. The van der Waals surface area contributed by atoms with Gasteiger partial charge >= 0.3 is 0 Å². The zero-order valence-electron chi connectivity index (χ0n) is 9.42. The van der Waals surface area contributed by atoms with Gasteiger partial charge in [-0.15, -0.1) is 0 Å². The monoisotopic (exact) mass is 211 g/mol. The van der Waals surface area contributed by atoms with Gasteiger partial charge in [0.05, 0.1) is 12.4 Å². The Morgan fingerprint density at radius 2 is 1.56 bits per heavy atom. The average molecular weight is 211 g/mol. The molecule has 0 spiro atoms. The fourth-order valence-corrected chi connectivity index (χ4v) is 1.72. The van der Waals surface area contributed by atoms with E-state index in [9.17, 15) is 0 Å². The van der Waals surface area contributed by atoms with E-state index in [4.69, 9.17) is 0 Å². The van der Waals surface area contributed by atoms with Gasteiger partial charge in [-0.1, -0.05) is 55.0 Å². The largest absolute Gasteiger partial charge is 0.337 e. The highest BCUT2D eigenvalue weighted by Gasteiger charge is 1.93. The second-order valence-electron chi connectivity index (χ2n) is 3.88. The maximum atomic E-state index is 2.23. The van der Waals surface area contributed by atoms with E-state index < -0.39 is 0 Å². The van der Waals surface area contributed by atoms with Crippen molar-refractivity contribution in [3.05, 3.63) is 73.0 Å². The lowest BCUT2D eigenvalue weighted by Crippen LogP contribution is -2.29. The zero-order valence-corrected chi connectivity index (χ0v) is 9.42. The fourth-order valence-electron chi connectivity index (χ4n) is 1.72. The number of unbranched alkanes of at least 4 members (excludes halogenated alkanes) is 1. The van der Waals surface area contributed by atoms with Crippen LogP contribution < -0.4 is 4.57 Å². The molecule has 0 amide bonds. The molecule has 0 aliphatic carbocycles. The van der Waals surface area contributed by atoms with Gasteiger partial charge < -0.3 is 4.57 Å². The summed E-state index contributed by atoms with van der Waals surface area (Å²) in [7, 11) is 0. The van der Waals surface area contributed by atoms with Gasteiger partial charge in [0.25, 0.3) is 0 Å². The highest BCUT2D eigenvalue weighted by Crippen LogP contribution is 2.04. The standard InChI is InChI=1S/C15H17N/c1-3-9-15(10-4-1)11-5-8-14-16-12-6-2-7-13-16/h1-4,6-7,9-10,12-14H,5,8,11H2. The molecule has 1 heterocycles. The van der Waals surface area contributed by atoms with E-state index in [1.165, 1.54) is 12.0 Å². The summed E-state index contributed by atoms with van der Waals surface area (Å²) < 4.78 is 2.12. The molecule has 0 aliphatic rings. The molecule has 1 nitrogen and oxygen atoms in total. The molecule has 0 saturated heterocycles. The molecule has 0 N–H and O–H groups in total. The molecular weight excluding hydrogens is 194 g/mol. The average Bonchev–Trinajstić information content (AvgIpc) is 2.37. The Labute approximate surface area is 97.4 Å². The highest BCUT2D eigenvalue weighted by atomic mass is 14.9. The van der Waals surface area contributed by atoms with E-state index in [1.807, 2.05) is 18.2 Å². The molecule has 1 heteroatoms. The van der Waals surface area contributed by atoms with Gasteiger partial charge in [-0.05, 0) is 18.4 Å². The molecule has 0 saturated carbocycles. The second-order valence-corrected chi connectivity index (χ2v) is 3.88. The minimum absolute atomic E-state index is 1.11. The van der Waals surface area contributed by atoms with Gasteiger partial charge in [-0.3, -0.25) is 0 Å². The number of hydrogen-bond acceptors (Lipinski definition) is 0. The summed E-state index contributed by atoms with van der Waals surface area (Å²) in [6.45, 7) is 2.23. The first-order valence-corrected chi connectivity index (χ1v) is 5.78. The van der Waals surface area contributed by atoms with E-state index in [-0.39, 0.29) is 0 Å². The number of benzene rings is 1. The van der Waals surface area contributed by atoms with Crippen LogP contribution >= 0.6 is 0 Å². The van der Waals surface area contributed by atoms with E-state index >= 15 is 0 Å². The summed E-state index contributed by atoms with van der Waals surface area (Å²) in [5.74, 6) is 0. The predicted molar refractivity (Wildman–Crippen MR) is 65.7 cm³/mol. The van der Waals surface area contributed by atoms with Crippen molar-refractivity contribution in [2.75, 3.05) is 0 Å². The van der Waals surface area contributed by atoms with Crippen LogP contribution in [0.5, 0.6) is 0 Å². The molecule has 0 unspecified atom stereocenters. The van der Waals surface area contributed by atoms with Crippen LogP contribution in [0, 0.1) is 6.54 Å². The maximum Gasteiger partial charge on any atom is 0.0692 e. The van der Waals surface area contributed by atoms with Crippen molar-refractivity contribution < 1.29 is 4.57 Å². The third-order valence-corrected chi connectivity index (χ3v) is 2.59. The molecule has 0 aliphatic heterocycles. The third-order valence-electron chi connectivity index (χ3n) is 2.59. The van der Waals surface area contributed by atoms with E-state index in [2.05, 4.69) is 53.8 Å². The Kier molecular flexibility index (Phi) is 4.00. The molecule has 0 radical (unpaired) electrons. The third kappa shape index (κ3) is 3.43. The summed E-state index contributed by atoms with van der Waals surface area (Å²) in [4.78, 5) is 0. The van der Waals surface area contributed by atoms with Gasteiger partial charge in [-0.25, -0.2) is 0 Å². The molecule has 1 aromatic heterocycles. The molecule has 2 aromatic rings. The van der Waals surface area contributed by atoms with Crippen LogP contribution in [0.1, 0.15) is 18.4 Å². The molecule has 0 fully saturated rings. The second kappa shape index (κ2) is 5.96. The first-order chi connectivity index (χ1) is 7.95. The van der Waals surface area contributed by atoms with E-state index in [0.717, 1.165) is 12.8 Å². The van der Waals surface area contributed by atoms with Crippen LogP contribution in [0.2, 0.25) is 0 Å². The molecule has 16 heavy (non-hydrogen) atoms. The molecule has 82 valence electrons. The highest BCUT2D eigenvalue weighted by molar-refractivity contribution is 5.14. The van der Waals surface area contributed by atoms with Crippen molar-refractivity contribution in [3.8, 4) is 0 Å². The molecule has 0 atom stereocenters. The molecule has 0 bridgehead atoms. The fraction of sp³-hybridized carbons (Fsp3) is 0.200. The smallest absolute Gasteiger partial charge is 0.0692 e. The summed E-state index contributed by atoms with van der Waals surface area (Å²) in [5, 5.41) is 0. The minimum atomic E-state index is 1.11. The van der Waals surface area contributed by atoms with E-state index in [1.54, 1.807) is 0 Å². The van der Waals surface area contributed by atoms with Crippen molar-refractivity contribution in [2.24, 2.45) is 0 Å². The van der Waals surface area contributed by atoms with Crippen LogP contribution in [0.25, 0.3) is 0 Å². The van der Waals surface area contributed by atoms with Crippen molar-refractivity contribution >= 4 is 0 Å². The van der Waals surface area contributed by atoms with Crippen LogP contribution in [0.4, 0.5) is 0 Å². The Morgan fingerprint density at radius 3 is 2.31 bits per heavy atom. The summed E-state index contributed by atoms with van der Waals surface area (Å²) in [6.07, 6.45) is 7.62. The summed E-state index contributed by atoms with van der Waals surface area (Å²) in [6, 6.07) is 16.8. The summed E-state index contributed by atoms with van der Waals surface area (Å²) in [5.41, 5.74) is 1.42. The number of nitrogens with zero attached hydrogens (tertiary/aromatic N) is 1. The predicted octanol–water partition coefficient (Wildman–Crippen LogP) is 3.01. The number of pyridine rings is 1. The van der Waals surface area contributed by atoms with Crippen LogP contribution in [-0.4, -0.2) is 0 Å². The zero-order chi connectivity index (χ0) is 11.1. The maximum absolute atomic E-state index is 2.23. The number of hydrogen-bond donors (Lipinski definition) is 0. The molecule has 1 aromatic carbocycles. The molecular formula is C15H17N. The Morgan fingerprint density at radius 1 is 0.875 bits per heavy atom. The lowest BCUT2D eigenvalue weighted by Gasteiger charge is -2.04. The van der Waals surface area contributed by atoms with Crippen molar-refractivity contribution in [1.29, 1.82) is 0 Å². The Balaban J connectivity index is 1.70. The molecule has 2 rings (SSSR count). The number of aryl methyl sites for hydroxylation is 1. The lowest BCUT2D eigenvalue weighted by molar-refractivity contribution is -0.634. The van der Waals surface area contributed by atoms with Gasteiger partial charge in [0.1, 0.15) is 0 Å². The quantitative estimate of drug-likeness (QED) is 0.406. The summed E-state index contributed by atoms with van der Waals surface area (Å²) >= 11 is 0. The Bertz CT molecular complexity index is 353. The van der Waals surface area contributed by atoms with Gasteiger partial charge in [0, 0.05) is 6.54 Å². The van der Waals surface area contributed by atoms with Gasteiger partial charge in [0.2, 0.25) is 0 Å². The Hall–Kier alpha value is -1.76. The van der Waals surface area contributed by atoms with Crippen LogP contribution in [-0.2, 0) is 6.42 Å². The minimum Gasteiger partial charge on any atom is -0.337 e. The van der Waals surface area contributed by atoms with Gasteiger partial charge in [-0.2, -0.15) is 0 Å².